The fourth-order valence-corrected chi connectivity index (χ4v) is 4.74. The number of benzene rings is 2. The Morgan fingerprint density at radius 1 is 1.17 bits per heavy atom. The number of carbonyl (C=O) groups excluding carboxylic acids is 1. The second-order valence-corrected chi connectivity index (χ2v) is 11.1. The number of hydrogen-bond donors (Lipinski definition) is 4. The number of aromatic nitrogens is 1. The van der Waals surface area contributed by atoms with Crippen LogP contribution in [0.3, 0.4) is 0 Å². The quantitative estimate of drug-likeness (QED) is 0.137. The van der Waals surface area contributed by atoms with E-state index in [1.54, 1.807) is 44.2 Å². The third kappa shape index (κ3) is 8.41. The van der Waals surface area contributed by atoms with E-state index < -0.39 is 17.3 Å². The topological polar surface area (TPSA) is 99.7 Å². The standard InChI is InChI=1S/C28H34ClFN6O3S.C2H6/c1-16-9-12-20(19(30)15-16)33-26-23(27(37)32-18-10-11-18)25(17(2)28(38)36(26)5)39-22-8-6-7-21(24(22)29)34-40-31-13-14-35(3)4;1-2/h6-9,12,15,18,31,33-34H,10-11,13-14H2,1-5H3,(H,32,37);1-2H3. The SMILES string of the molecule is CC.Cc1ccc(Nc2c(C(=O)NC3CC3)c(Oc3cccc(NSNCCN(C)C)c3Cl)c(C)c(=O)n2C)c(F)c1. The monoisotopic (exact) mass is 618 g/mol. The Morgan fingerprint density at radius 3 is 2.52 bits per heavy atom. The van der Waals surface area contributed by atoms with Crippen LogP contribution in [0.2, 0.25) is 5.02 Å². The molecule has 0 bridgehead atoms. The molecule has 0 atom stereocenters. The Hall–Kier alpha value is -3.25. The minimum absolute atomic E-state index is 0.0370. The van der Waals surface area contributed by atoms with Gasteiger partial charge in [0.1, 0.15) is 28.0 Å². The third-order valence-corrected chi connectivity index (χ3v) is 7.41. The maximum absolute atomic E-state index is 14.8. The van der Waals surface area contributed by atoms with Gasteiger partial charge in [0.25, 0.3) is 11.5 Å². The Kier molecular flexibility index (Phi) is 12.1. The van der Waals surface area contributed by atoms with Gasteiger partial charge in [0, 0.05) is 38.3 Å². The minimum atomic E-state index is -0.512. The smallest absolute Gasteiger partial charge is 0.259 e. The summed E-state index contributed by atoms with van der Waals surface area (Å²) in [6, 6.07) is 9.92. The summed E-state index contributed by atoms with van der Waals surface area (Å²) in [7, 11) is 5.51. The van der Waals surface area contributed by atoms with Gasteiger partial charge in [-0.1, -0.05) is 37.6 Å². The van der Waals surface area contributed by atoms with Crippen molar-refractivity contribution < 1.29 is 13.9 Å². The predicted molar refractivity (Wildman–Crippen MR) is 172 cm³/mol. The summed E-state index contributed by atoms with van der Waals surface area (Å²) >= 11 is 7.97. The van der Waals surface area contributed by atoms with Crippen molar-refractivity contribution in [1.29, 1.82) is 0 Å². The first-order chi connectivity index (χ1) is 20.1. The third-order valence-electron chi connectivity index (χ3n) is 6.35. The summed E-state index contributed by atoms with van der Waals surface area (Å²) in [6.07, 6.45) is 1.73. The Bertz CT molecular complexity index is 1460. The van der Waals surface area contributed by atoms with Crippen molar-refractivity contribution in [3.63, 3.8) is 0 Å². The normalized spacial score (nSPS) is 12.4. The van der Waals surface area contributed by atoms with Gasteiger partial charge in [-0.25, -0.2) is 9.11 Å². The Morgan fingerprint density at radius 2 is 1.88 bits per heavy atom. The molecule has 4 rings (SSSR count). The predicted octanol–water partition coefficient (Wildman–Crippen LogP) is 6.38. The van der Waals surface area contributed by atoms with E-state index in [2.05, 4.69) is 25.0 Å². The maximum Gasteiger partial charge on any atom is 0.259 e. The molecule has 1 aliphatic carbocycles. The Labute approximate surface area is 256 Å². The number of anilines is 3. The molecule has 4 N–H and O–H groups in total. The molecular formula is C30H40ClFN6O3S. The summed E-state index contributed by atoms with van der Waals surface area (Å²) in [6.45, 7) is 8.98. The lowest BCUT2D eigenvalue weighted by atomic mass is 10.1. The number of carbonyl (C=O) groups is 1. The molecule has 0 spiro atoms. The van der Waals surface area contributed by atoms with Gasteiger partial charge in [-0.3, -0.25) is 14.2 Å². The van der Waals surface area contributed by atoms with Crippen molar-refractivity contribution in [1.82, 2.24) is 19.5 Å². The fraction of sp³-hybridized carbons (Fsp3) is 0.400. The molecule has 1 aromatic heterocycles. The van der Waals surface area contributed by atoms with Crippen molar-refractivity contribution in [2.45, 2.75) is 46.6 Å². The molecular weight excluding hydrogens is 579 g/mol. The van der Waals surface area contributed by atoms with Gasteiger partial charge in [0.15, 0.2) is 5.75 Å². The van der Waals surface area contributed by atoms with E-state index in [4.69, 9.17) is 16.3 Å². The maximum atomic E-state index is 14.8. The molecule has 1 amide bonds. The molecule has 2 aromatic carbocycles. The number of likely N-dealkylation sites (N-methyl/N-ethyl adjacent to an activating group) is 1. The Balaban J connectivity index is 0.00000237. The molecule has 12 heteroatoms. The van der Waals surface area contributed by atoms with Crippen molar-refractivity contribution in [2.75, 3.05) is 37.2 Å². The van der Waals surface area contributed by atoms with Crippen LogP contribution in [-0.4, -0.2) is 48.6 Å². The summed E-state index contributed by atoms with van der Waals surface area (Å²) in [4.78, 5) is 28.9. The lowest BCUT2D eigenvalue weighted by molar-refractivity contribution is 0.0948. The van der Waals surface area contributed by atoms with Crippen LogP contribution in [0.1, 0.15) is 48.2 Å². The van der Waals surface area contributed by atoms with E-state index >= 15 is 0 Å². The average molecular weight is 619 g/mol. The molecule has 9 nitrogen and oxygen atoms in total. The highest BCUT2D eigenvalue weighted by atomic mass is 35.5. The zero-order valence-corrected chi connectivity index (χ0v) is 26.7. The van der Waals surface area contributed by atoms with Crippen LogP contribution in [0.5, 0.6) is 11.5 Å². The lowest BCUT2D eigenvalue weighted by Crippen LogP contribution is -2.31. The number of aryl methyl sites for hydroxylation is 1. The van der Waals surface area contributed by atoms with Crippen molar-refractivity contribution in [2.24, 2.45) is 7.05 Å². The summed E-state index contributed by atoms with van der Waals surface area (Å²) in [5, 5.41) is 6.21. The molecule has 42 heavy (non-hydrogen) atoms. The number of amides is 1. The van der Waals surface area contributed by atoms with Gasteiger partial charge in [-0.05, 0) is 70.6 Å². The van der Waals surface area contributed by atoms with Crippen LogP contribution in [0.25, 0.3) is 0 Å². The largest absolute Gasteiger partial charge is 0.454 e. The fourth-order valence-electron chi connectivity index (χ4n) is 3.92. The summed E-state index contributed by atoms with van der Waals surface area (Å²) < 4.78 is 28.7. The van der Waals surface area contributed by atoms with Crippen LogP contribution < -0.4 is 30.4 Å². The number of ether oxygens (including phenoxy) is 1. The van der Waals surface area contributed by atoms with E-state index in [-0.39, 0.29) is 45.2 Å². The molecule has 1 fully saturated rings. The van der Waals surface area contributed by atoms with E-state index in [1.807, 2.05) is 27.9 Å². The number of halogens is 2. The average Bonchev–Trinajstić information content (AvgIpc) is 3.77. The second-order valence-electron chi connectivity index (χ2n) is 10.0. The molecule has 228 valence electrons. The highest BCUT2D eigenvalue weighted by Gasteiger charge is 2.31. The first-order valence-electron chi connectivity index (χ1n) is 13.9. The second kappa shape index (κ2) is 15.3. The lowest BCUT2D eigenvalue weighted by Gasteiger charge is -2.22. The van der Waals surface area contributed by atoms with E-state index in [0.717, 1.165) is 31.5 Å². The molecule has 1 saturated carbocycles. The molecule has 1 aliphatic rings. The first kappa shape index (κ1) is 33.3. The van der Waals surface area contributed by atoms with Gasteiger partial charge < -0.3 is 25.0 Å². The summed E-state index contributed by atoms with van der Waals surface area (Å²) in [5.74, 6) is -0.533. The van der Waals surface area contributed by atoms with E-state index in [0.29, 0.717) is 5.69 Å². The highest BCUT2D eigenvalue weighted by molar-refractivity contribution is 7.98. The zero-order valence-electron chi connectivity index (χ0n) is 25.2. The number of nitrogens with zero attached hydrogens (tertiary/aromatic N) is 2. The van der Waals surface area contributed by atoms with Gasteiger partial charge in [-0.2, -0.15) is 0 Å². The van der Waals surface area contributed by atoms with Crippen molar-refractivity contribution in [3.8, 4) is 11.5 Å². The van der Waals surface area contributed by atoms with Crippen molar-refractivity contribution >= 4 is 46.8 Å². The molecule has 0 aliphatic heterocycles. The number of rotatable bonds is 12. The van der Waals surface area contributed by atoms with Crippen LogP contribution >= 0.6 is 23.7 Å². The molecule has 0 radical (unpaired) electrons. The van der Waals surface area contributed by atoms with Gasteiger partial charge in [0.2, 0.25) is 0 Å². The minimum Gasteiger partial charge on any atom is -0.454 e. The van der Waals surface area contributed by atoms with Gasteiger partial charge >= 0.3 is 0 Å². The number of hydrogen-bond acceptors (Lipinski definition) is 8. The summed E-state index contributed by atoms with van der Waals surface area (Å²) in [5.41, 5.74) is 1.35. The van der Waals surface area contributed by atoms with Gasteiger partial charge in [-0.15, -0.1) is 0 Å². The first-order valence-corrected chi connectivity index (χ1v) is 15.1. The van der Waals surface area contributed by atoms with Crippen LogP contribution in [0, 0.1) is 19.7 Å². The van der Waals surface area contributed by atoms with Crippen LogP contribution in [0.4, 0.5) is 21.6 Å². The molecule has 0 unspecified atom stereocenters. The van der Waals surface area contributed by atoms with Gasteiger partial charge in [0.05, 0.1) is 16.9 Å². The molecule has 3 aromatic rings. The zero-order chi connectivity index (χ0) is 31.0. The van der Waals surface area contributed by atoms with E-state index in [1.165, 1.54) is 29.8 Å². The highest BCUT2D eigenvalue weighted by Crippen LogP contribution is 2.40. The van der Waals surface area contributed by atoms with Crippen LogP contribution in [-0.2, 0) is 7.05 Å². The van der Waals surface area contributed by atoms with Crippen molar-refractivity contribution in [3.05, 3.63) is 74.3 Å². The molecule has 0 saturated heterocycles. The number of pyridine rings is 1. The van der Waals surface area contributed by atoms with Crippen LogP contribution in [0.15, 0.2) is 41.2 Å². The van der Waals surface area contributed by atoms with E-state index in [9.17, 15) is 14.0 Å². The molecule has 1 heterocycles. The number of nitrogens with one attached hydrogen (secondary N) is 4.